The molecule has 0 aliphatic heterocycles. The Bertz CT molecular complexity index is 487. The standard InChI is InChI=1S/C12H18N4O3S/c1-16(8-2-3-8)5-4-13-12(19)14-6-10-15-9(7-20-10)11(17)18/h7-8H,2-6H2,1H3,(H,17,18)(H2,13,14,19). The van der Waals surface area contributed by atoms with Crippen LogP contribution in [0, 0.1) is 0 Å². The third-order valence-corrected chi connectivity index (χ3v) is 3.94. The number of aromatic carboxylic acids is 1. The predicted molar refractivity (Wildman–Crippen MR) is 75.0 cm³/mol. The monoisotopic (exact) mass is 298 g/mol. The van der Waals surface area contributed by atoms with Gasteiger partial charge in [0.05, 0.1) is 6.54 Å². The highest BCUT2D eigenvalue weighted by atomic mass is 32.1. The van der Waals surface area contributed by atoms with Crippen molar-refractivity contribution in [2.24, 2.45) is 0 Å². The van der Waals surface area contributed by atoms with E-state index in [-0.39, 0.29) is 18.3 Å². The van der Waals surface area contributed by atoms with Gasteiger partial charge in [0.25, 0.3) is 0 Å². The lowest BCUT2D eigenvalue weighted by Gasteiger charge is -2.15. The lowest BCUT2D eigenvalue weighted by atomic mass is 10.5. The van der Waals surface area contributed by atoms with Crippen LogP contribution in [0.1, 0.15) is 28.3 Å². The second-order valence-electron chi connectivity index (χ2n) is 4.75. The number of rotatable bonds is 7. The van der Waals surface area contributed by atoms with Crippen LogP contribution in [0.3, 0.4) is 0 Å². The Morgan fingerprint density at radius 1 is 1.50 bits per heavy atom. The van der Waals surface area contributed by atoms with Crippen molar-refractivity contribution in [3.05, 3.63) is 16.1 Å². The maximum Gasteiger partial charge on any atom is 0.355 e. The Kier molecular flexibility index (Phi) is 4.91. The zero-order valence-corrected chi connectivity index (χ0v) is 12.1. The van der Waals surface area contributed by atoms with E-state index in [0.717, 1.165) is 6.54 Å². The van der Waals surface area contributed by atoms with Crippen LogP contribution < -0.4 is 10.6 Å². The van der Waals surface area contributed by atoms with E-state index in [0.29, 0.717) is 17.6 Å². The fraction of sp³-hybridized carbons (Fsp3) is 0.583. The molecule has 0 bridgehead atoms. The van der Waals surface area contributed by atoms with Gasteiger partial charge in [-0.3, -0.25) is 0 Å². The van der Waals surface area contributed by atoms with Crippen molar-refractivity contribution in [3.8, 4) is 0 Å². The van der Waals surface area contributed by atoms with Gasteiger partial charge in [-0.15, -0.1) is 11.3 Å². The molecular weight excluding hydrogens is 280 g/mol. The molecule has 1 heterocycles. The van der Waals surface area contributed by atoms with Gasteiger partial charge in [-0.2, -0.15) is 0 Å². The normalized spacial score (nSPS) is 14.3. The van der Waals surface area contributed by atoms with Gasteiger partial charge in [-0.05, 0) is 19.9 Å². The van der Waals surface area contributed by atoms with Crippen molar-refractivity contribution >= 4 is 23.3 Å². The molecule has 0 radical (unpaired) electrons. The summed E-state index contributed by atoms with van der Waals surface area (Å²) in [4.78, 5) is 28.3. The molecule has 0 atom stereocenters. The lowest BCUT2D eigenvalue weighted by Crippen LogP contribution is -2.39. The molecule has 1 aliphatic rings. The average molecular weight is 298 g/mol. The quantitative estimate of drug-likeness (QED) is 0.690. The molecule has 1 aliphatic carbocycles. The molecule has 0 spiro atoms. The minimum absolute atomic E-state index is 0.0123. The summed E-state index contributed by atoms with van der Waals surface area (Å²) in [7, 11) is 2.06. The molecule has 8 heteroatoms. The lowest BCUT2D eigenvalue weighted by molar-refractivity contribution is 0.0691. The number of aromatic nitrogens is 1. The number of hydrogen-bond acceptors (Lipinski definition) is 5. The van der Waals surface area contributed by atoms with Crippen LogP contribution in [-0.2, 0) is 6.54 Å². The first-order chi connectivity index (χ1) is 9.56. The Hall–Kier alpha value is -1.67. The van der Waals surface area contributed by atoms with E-state index in [9.17, 15) is 9.59 Å². The van der Waals surface area contributed by atoms with Crippen LogP contribution in [0.4, 0.5) is 4.79 Å². The van der Waals surface area contributed by atoms with E-state index in [1.54, 1.807) is 0 Å². The summed E-state index contributed by atoms with van der Waals surface area (Å²) in [6, 6.07) is 0.422. The molecule has 2 amide bonds. The molecule has 0 aromatic carbocycles. The maximum absolute atomic E-state index is 11.5. The first-order valence-electron chi connectivity index (χ1n) is 6.46. The Morgan fingerprint density at radius 2 is 2.25 bits per heavy atom. The third-order valence-electron chi connectivity index (χ3n) is 3.09. The zero-order chi connectivity index (χ0) is 14.5. The molecule has 1 aromatic rings. The van der Waals surface area contributed by atoms with E-state index >= 15 is 0 Å². The Morgan fingerprint density at radius 3 is 2.85 bits per heavy atom. The summed E-state index contributed by atoms with van der Waals surface area (Å²) in [5.41, 5.74) is 0.0123. The molecule has 1 saturated carbocycles. The number of nitrogens with zero attached hydrogens (tertiary/aromatic N) is 2. The van der Waals surface area contributed by atoms with Crippen LogP contribution in [0.25, 0.3) is 0 Å². The second kappa shape index (κ2) is 6.67. The fourth-order valence-electron chi connectivity index (χ4n) is 1.75. The molecule has 0 unspecified atom stereocenters. The number of hydrogen-bond donors (Lipinski definition) is 3. The molecular formula is C12H18N4O3S. The molecule has 3 N–H and O–H groups in total. The highest BCUT2D eigenvalue weighted by molar-refractivity contribution is 7.09. The first-order valence-corrected chi connectivity index (χ1v) is 7.34. The van der Waals surface area contributed by atoms with Crippen LogP contribution in [-0.4, -0.2) is 53.2 Å². The van der Waals surface area contributed by atoms with Gasteiger partial charge in [0.2, 0.25) is 0 Å². The highest BCUT2D eigenvalue weighted by Gasteiger charge is 2.25. The average Bonchev–Trinajstić information content (AvgIpc) is 3.14. The van der Waals surface area contributed by atoms with Crippen molar-refractivity contribution in [1.82, 2.24) is 20.5 Å². The number of carbonyl (C=O) groups is 2. The van der Waals surface area contributed by atoms with E-state index < -0.39 is 5.97 Å². The summed E-state index contributed by atoms with van der Waals surface area (Å²) in [6.45, 7) is 1.66. The zero-order valence-electron chi connectivity index (χ0n) is 11.3. The summed E-state index contributed by atoms with van der Waals surface area (Å²) >= 11 is 1.22. The fourth-order valence-corrected chi connectivity index (χ4v) is 2.46. The number of urea groups is 1. The topological polar surface area (TPSA) is 94.6 Å². The molecule has 2 rings (SSSR count). The van der Waals surface area contributed by atoms with E-state index in [4.69, 9.17) is 5.11 Å². The van der Waals surface area contributed by atoms with Crippen molar-refractivity contribution < 1.29 is 14.7 Å². The first kappa shape index (κ1) is 14.7. The second-order valence-corrected chi connectivity index (χ2v) is 5.70. The SMILES string of the molecule is CN(CCNC(=O)NCc1nc(C(=O)O)cs1)C1CC1. The van der Waals surface area contributed by atoms with E-state index in [1.165, 1.54) is 29.6 Å². The van der Waals surface area contributed by atoms with Gasteiger partial charge in [0.15, 0.2) is 5.69 Å². The Balaban J connectivity index is 1.62. The van der Waals surface area contributed by atoms with Crippen LogP contribution in [0.15, 0.2) is 5.38 Å². The number of amides is 2. The maximum atomic E-state index is 11.5. The van der Waals surface area contributed by atoms with E-state index in [1.807, 2.05) is 0 Å². The van der Waals surface area contributed by atoms with E-state index in [2.05, 4.69) is 27.6 Å². The summed E-state index contributed by atoms with van der Waals surface area (Å²) < 4.78 is 0. The highest BCUT2D eigenvalue weighted by Crippen LogP contribution is 2.24. The van der Waals surface area contributed by atoms with Crippen molar-refractivity contribution in [1.29, 1.82) is 0 Å². The molecule has 1 aromatic heterocycles. The van der Waals surface area contributed by atoms with Gasteiger partial charge in [-0.25, -0.2) is 14.6 Å². The minimum atomic E-state index is -1.06. The largest absolute Gasteiger partial charge is 0.476 e. The van der Waals surface area contributed by atoms with Crippen LogP contribution in [0.2, 0.25) is 0 Å². The van der Waals surface area contributed by atoms with Gasteiger partial charge in [0, 0.05) is 24.5 Å². The molecule has 110 valence electrons. The van der Waals surface area contributed by atoms with Crippen LogP contribution in [0.5, 0.6) is 0 Å². The third kappa shape index (κ3) is 4.46. The number of carbonyl (C=O) groups excluding carboxylic acids is 1. The number of likely N-dealkylation sites (N-methyl/N-ethyl adjacent to an activating group) is 1. The van der Waals surface area contributed by atoms with Crippen molar-refractivity contribution in [3.63, 3.8) is 0 Å². The predicted octanol–water partition coefficient (Wildman–Crippen LogP) is 0.735. The van der Waals surface area contributed by atoms with Gasteiger partial charge in [0.1, 0.15) is 5.01 Å². The summed E-state index contributed by atoms with van der Waals surface area (Å²) in [5.74, 6) is -1.06. The number of thiazole rings is 1. The number of carboxylic acids is 1. The van der Waals surface area contributed by atoms with Gasteiger partial charge < -0.3 is 20.6 Å². The molecule has 0 saturated heterocycles. The van der Waals surface area contributed by atoms with Crippen LogP contribution >= 0.6 is 11.3 Å². The molecule has 7 nitrogen and oxygen atoms in total. The number of nitrogens with one attached hydrogen (secondary N) is 2. The summed E-state index contributed by atoms with van der Waals surface area (Å²) in [6.07, 6.45) is 2.50. The van der Waals surface area contributed by atoms with Crippen molar-refractivity contribution in [2.45, 2.75) is 25.4 Å². The molecule has 1 fully saturated rings. The minimum Gasteiger partial charge on any atom is -0.476 e. The Labute approximate surface area is 121 Å². The summed E-state index contributed by atoms with van der Waals surface area (Å²) in [5, 5.41) is 16.2. The smallest absolute Gasteiger partial charge is 0.355 e. The van der Waals surface area contributed by atoms with Gasteiger partial charge >= 0.3 is 12.0 Å². The van der Waals surface area contributed by atoms with Gasteiger partial charge in [-0.1, -0.05) is 0 Å². The van der Waals surface area contributed by atoms with Crippen molar-refractivity contribution in [2.75, 3.05) is 20.1 Å². The molecule has 20 heavy (non-hydrogen) atoms. The number of carboxylic acid groups (broad SMARTS) is 1.